The molecule has 7 heteroatoms. The minimum Gasteiger partial charge on any atom is -0.347 e. The molecule has 26 heavy (non-hydrogen) atoms. The van der Waals surface area contributed by atoms with Gasteiger partial charge in [-0.25, -0.2) is 4.39 Å². The molecule has 2 aromatic carbocycles. The lowest BCUT2D eigenvalue weighted by molar-refractivity contribution is -0.143. The van der Waals surface area contributed by atoms with Gasteiger partial charge in [0.25, 0.3) is 5.91 Å². The highest BCUT2D eigenvalue weighted by atomic mass is 19.3. The maximum atomic E-state index is 13.1. The van der Waals surface area contributed by atoms with Gasteiger partial charge in [0, 0.05) is 18.4 Å². The molecule has 1 heterocycles. The molecule has 0 aliphatic heterocycles. The first kappa shape index (κ1) is 18.0. The fourth-order valence-corrected chi connectivity index (χ4v) is 2.71. The molecule has 0 bridgehead atoms. The smallest absolute Gasteiger partial charge is 0.321 e. The molecule has 4 nitrogen and oxygen atoms in total. The first-order valence-corrected chi connectivity index (χ1v) is 8.14. The highest BCUT2D eigenvalue weighted by Crippen LogP contribution is 2.25. The van der Waals surface area contributed by atoms with Gasteiger partial charge in [0.15, 0.2) is 0 Å². The fraction of sp³-hybridized carbons (Fsp3) is 0.263. The van der Waals surface area contributed by atoms with Gasteiger partial charge >= 0.3 is 5.92 Å². The minimum atomic E-state index is -3.41. The first-order valence-electron chi connectivity index (χ1n) is 8.14. The SMILES string of the molecule is CC(Cn1ncc2cc(-c3ccc(F)cc3)ccc21)NC(=O)C(C)(F)F. The van der Waals surface area contributed by atoms with Crippen molar-refractivity contribution in [1.82, 2.24) is 15.1 Å². The monoisotopic (exact) mass is 361 g/mol. The summed E-state index contributed by atoms with van der Waals surface area (Å²) < 4.78 is 40.7. The molecule has 3 rings (SSSR count). The second-order valence-corrected chi connectivity index (χ2v) is 6.37. The number of nitrogens with one attached hydrogen (secondary N) is 1. The maximum Gasteiger partial charge on any atom is 0.321 e. The van der Waals surface area contributed by atoms with Crippen molar-refractivity contribution in [2.45, 2.75) is 32.4 Å². The molecule has 0 aliphatic rings. The van der Waals surface area contributed by atoms with Crippen LogP contribution in [0.4, 0.5) is 13.2 Å². The Labute approximate surface area is 148 Å². The molecule has 136 valence electrons. The van der Waals surface area contributed by atoms with Gasteiger partial charge in [-0.3, -0.25) is 9.48 Å². The number of amides is 1. The third-order valence-corrected chi connectivity index (χ3v) is 4.04. The average Bonchev–Trinajstić information content (AvgIpc) is 2.96. The van der Waals surface area contributed by atoms with E-state index in [2.05, 4.69) is 10.4 Å². The van der Waals surface area contributed by atoms with Crippen LogP contribution >= 0.6 is 0 Å². The average molecular weight is 361 g/mol. The zero-order valence-electron chi connectivity index (χ0n) is 14.3. The van der Waals surface area contributed by atoms with Crippen molar-refractivity contribution in [3.8, 4) is 11.1 Å². The Hall–Kier alpha value is -2.83. The van der Waals surface area contributed by atoms with Crippen LogP contribution in [0.15, 0.2) is 48.7 Å². The summed E-state index contributed by atoms with van der Waals surface area (Å²) in [5, 5.41) is 7.42. The van der Waals surface area contributed by atoms with Crippen LogP contribution in [0.25, 0.3) is 22.0 Å². The second-order valence-electron chi connectivity index (χ2n) is 6.37. The minimum absolute atomic E-state index is 0.265. The van der Waals surface area contributed by atoms with E-state index in [9.17, 15) is 18.0 Å². The van der Waals surface area contributed by atoms with Crippen molar-refractivity contribution in [3.05, 3.63) is 54.5 Å². The van der Waals surface area contributed by atoms with Gasteiger partial charge in [0.05, 0.1) is 18.3 Å². The van der Waals surface area contributed by atoms with E-state index >= 15 is 0 Å². The predicted octanol–water partition coefficient (Wildman–Crippen LogP) is 4.00. The zero-order chi connectivity index (χ0) is 18.9. The predicted molar refractivity (Wildman–Crippen MR) is 93.4 cm³/mol. The molecule has 1 N–H and O–H groups in total. The third kappa shape index (κ3) is 3.87. The maximum absolute atomic E-state index is 13.1. The Balaban J connectivity index is 1.79. The van der Waals surface area contributed by atoms with E-state index in [1.54, 1.807) is 29.9 Å². The number of aromatic nitrogens is 2. The van der Waals surface area contributed by atoms with Gasteiger partial charge in [-0.05, 0) is 42.3 Å². The molecule has 1 unspecified atom stereocenters. The molecule has 3 aromatic rings. The van der Waals surface area contributed by atoms with E-state index < -0.39 is 17.9 Å². The van der Waals surface area contributed by atoms with Crippen LogP contribution in [0.1, 0.15) is 13.8 Å². The summed E-state index contributed by atoms with van der Waals surface area (Å²) in [4.78, 5) is 11.4. The highest BCUT2D eigenvalue weighted by Gasteiger charge is 2.32. The lowest BCUT2D eigenvalue weighted by Gasteiger charge is -2.17. The number of rotatable bonds is 5. The largest absolute Gasteiger partial charge is 0.347 e. The van der Waals surface area contributed by atoms with E-state index in [4.69, 9.17) is 0 Å². The van der Waals surface area contributed by atoms with E-state index in [-0.39, 0.29) is 12.4 Å². The summed E-state index contributed by atoms with van der Waals surface area (Å²) in [5.41, 5.74) is 2.62. The van der Waals surface area contributed by atoms with E-state index in [0.29, 0.717) is 6.92 Å². The summed E-state index contributed by atoms with van der Waals surface area (Å²) in [6.07, 6.45) is 1.67. The summed E-state index contributed by atoms with van der Waals surface area (Å²) in [5.74, 6) is -5.01. The highest BCUT2D eigenvalue weighted by molar-refractivity contribution is 5.85. The van der Waals surface area contributed by atoms with Crippen LogP contribution in [-0.2, 0) is 11.3 Å². The Morgan fingerprint density at radius 1 is 1.19 bits per heavy atom. The summed E-state index contributed by atoms with van der Waals surface area (Å²) in [7, 11) is 0. The number of nitrogens with zero attached hydrogens (tertiary/aromatic N) is 2. The second kappa shape index (κ2) is 6.82. The number of benzene rings is 2. The first-order chi connectivity index (χ1) is 12.2. The molecule has 0 spiro atoms. The van der Waals surface area contributed by atoms with Gasteiger partial charge in [-0.15, -0.1) is 0 Å². The molecule has 1 atom stereocenters. The quantitative estimate of drug-likeness (QED) is 0.747. The number of halogens is 3. The molecule has 0 fully saturated rings. The Morgan fingerprint density at radius 2 is 1.85 bits per heavy atom. The summed E-state index contributed by atoms with van der Waals surface area (Å²) in [6, 6.07) is 11.4. The van der Waals surface area contributed by atoms with Crippen molar-refractivity contribution in [2.75, 3.05) is 0 Å². The lowest BCUT2D eigenvalue weighted by Crippen LogP contribution is -2.44. The van der Waals surface area contributed by atoms with E-state index in [1.807, 2.05) is 18.2 Å². The van der Waals surface area contributed by atoms with Crippen molar-refractivity contribution in [1.29, 1.82) is 0 Å². The topological polar surface area (TPSA) is 46.9 Å². The van der Waals surface area contributed by atoms with Gasteiger partial charge < -0.3 is 5.32 Å². The molecule has 0 radical (unpaired) electrons. The number of carbonyl (C=O) groups excluding carboxylic acids is 1. The van der Waals surface area contributed by atoms with Gasteiger partial charge in [-0.2, -0.15) is 13.9 Å². The standard InChI is InChI=1S/C19H18F3N3O/c1-12(24-18(26)19(2,21)22)11-25-17-8-5-14(9-15(17)10-23-25)13-3-6-16(20)7-4-13/h3-10,12H,11H2,1-2H3,(H,24,26). The molecular weight excluding hydrogens is 343 g/mol. The number of hydrogen-bond acceptors (Lipinski definition) is 2. The van der Waals surface area contributed by atoms with Crippen LogP contribution in [-0.4, -0.2) is 27.7 Å². The van der Waals surface area contributed by atoms with Gasteiger partial charge in [0.2, 0.25) is 0 Å². The van der Waals surface area contributed by atoms with Crippen LogP contribution in [0.5, 0.6) is 0 Å². The van der Waals surface area contributed by atoms with Crippen LogP contribution in [0.2, 0.25) is 0 Å². The van der Waals surface area contributed by atoms with Crippen LogP contribution in [0, 0.1) is 5.82 Å². The van der Waals surface area contributed by atoms with E-state index in [1.165, 1.54) is 12.1 Å². The molecule has 0 saturated carbocycles. The van der Waals surface area contributed by atoms with Gasteiger partial charge in [-0.1, -0.05) is 18.2 Å². The zero-order valence-corrected chi connectivity index (χ0v) is 14.3. The van der Waals surface area contributed by atoms with Crippen molar-refractivity contribution >= 4 is 16.8 Å². The van der Waals surface area contributed by atoms with Crippen molar-refractivity contribution in [3.63, 3.8) is 0 Å². The van der Waals surface area contributed by atoms with Crippen LogP contribution < -0.4 is 5.32 Å². The number of hydrogen-bond donors (Lipinski definition) is 1. The van der Waals surface area contributed by atoms with Crippen molar-refractivity contribution in [2.24, 2.45) is 0 Å². The number of carbonyl (C=O) groups is 1. The Morgan fingerprint density at radius 3 is 2.50 bits per heavy atom. The third-order valence-electron chi connectivity index (χ3n) is 4.04. The molecule has 1 amide bonds. The van der Waals surface area contributed by atoms with Crippen molar-refractivity contribution < 1.29 is 18.0 Å². The van der Waals surface area contributed by atoms with Crippen LogP contribution in [0.3, 0.4) is 0 Å². The number of alkyl halides is 2. The molecule has 1 aromatic heterocycles. The molecular formula is C19H18F3N3O. The molecule has 0 aliphatic carbocycles. The Bertz CT molecular complexity index is 929. The Kier molecular flexibility index (Phi) is 4.71. The normalized spacial score (nSPS) is 13.0. The number of fused-ring (bicyclic) bond motifs is 1. The lowest BCUT2D eigenvalue weighted by atomic mass is 10.0. The van der Waals surface area contributed by atoms with Gasteiger partial charge in [0.1, 0.15) is 5.82 Å². The summed E-state index contributed by atoms with van der Waals surface area (Å²) >= 11 is 0. The fourth-order valence-electron chi connectivity index (χ4n) is 2.71. The van der Waals surface area contributed by atoms with E-state index in [0.717, 1.165) is 22.0 Å². The molecule has 0 saturated heterocycles. The summed E-state index contributed by atoms with van der Waals surface area (Å²) in [6.45, 7) is 2.47.